The van der Waals surface area contributed by atoms with E-state index in [4.69, 9.17) is 4.74 Å². The van der Waals surface area contributed by atoms with E-state index in [1.165, 1.54) is 0 Å². The van der Waals surface area contributed by atoms with E-state index in [-0.39, 0.29) is 29.7 Å². The molecule has 2 amide bonds. The fraction of sp³-hybridized carbons (Fsp3) is 0.857. The van der Waals surface area contributed by atoms with Crippen molar-refractivity contribution in [3.63, 3.8) is 0 Å². The first-order valence-electron chi connectivity index (χ1n) is 7.74. The standard InChI is InChI=1S/C14H24N4O3/c1-9(2)18-7-10-12(15-16-13(10)19)11(8-18)14(20)17-3-5-21-6-4-17/h9-12,15H,3-8H2,1-2H3,(H,16,19). The zero-order valence-corrected chi connectivity index (χ0v) is 12.7. The Morgan fingerprint density at radius 3 is 2.67 bits per heavy atom. The van der Waals surface area contributed by atoms with Crippen LogP contribution in [0.25, 0.3) is 0 Å². The molecule has 3 unspecified atom stereocenters. The third-order valence-corrected chi connectivity index (χ3v) is 4.80. The molecule has 3 fully saturated rings. The van der Waals surface area contributed by atoms with Gasteiger partial charge < -0.3 is 9.64 Å². The minimum atomic E-state index is -0.178. The van der Waals surface area contributed by atoms with E-state index in [1.54, 1.807) is 0 Å². The van der Waals surface area contributed by atoms with Crippen LogP contribution in [0, 0.1) is 11.8 Å². The predicted octanol–water partition coefficient (Wildman–Crippen LogP) is -1.20. The fourth-order valence-electron chi connectivity index (χ4n) is 3.45. The van der Waals surface area contributed by atoms with Gasteiger partial charge in [-0.25, -0.2) is 5.43 Å². The van der Waals surface area contributed by atoms with Crippen LogP contribution in [0.1, 0.15) is 13.8 Å². The quantitative estimate of drug-likeness (QED) is 0.670. The summed E-state index contributed by atoms with van der Waals surface area (Å²) in [5.74, 6) is -0.174. The number of hydrazine groups is 1. The number of carbonyl (C=O) groups is 2. The van der Waals surface area contributed by atoms with Crippen LogP contribution in [0.5, 0.6) is 0 Å². The highest BCUT2D eigenvalue weighted by molar-refractivity contribution is 5.86. The Bertz CT molecular complexity index is 422. The van der Waals surface area contributed by atoms with E-state index in [0.29, 0.717) is 45.4 Å². The van der Waals surface area contributed by atoms with E-state index < -0.39 is 0 Å². The van der Waals surface area contributed by atoms with Crippen LogP contribution in [-0.4, -0.2) is 73.1 Å². The first kappa shape index (κ1) is 14.7. The normalized spacial score (nSPS) is 34.0. The third kappa shape index (κ3) is 2.77. The average Bonchev–Trinajstić information content (AvgIpc) is 2.88. The molecule has 21 heavy (non-hydrogen) atoms. The molecular weight excluding hydrogens is 272 g/mol. The summed E-state index contributed by atoms with van der Waals surface area (Å²) in [4.78, 5) is 28.9. The summed E-state index contributed by atoms with van der Waals surface area (Å²) >= 11 is 0. The van der Waals surface area contributed by atoms with Gasteiger partial charge in [0, 0.05) is 32.2 Å². The number of hydrogen-bond donors (Lipinski definition) is 2. The summed E-state index contributed by atoms with van der Waals surface area (Å²) in [5.41, 5.74) is 5.73. The number of morpholine rings is 1. The van der Waals surface area contributed by atoms with E-state index in [2.05, 4.69) is 29.6 Å². The van der Waals surface area contributed by atoms with Gasteiger partial charge in [-0.2, -0.15) is 0 Å². The van der Waals surface area contributed by atoms with Crippen LogP contribution in [0.4, 0.5) is 0 Å². The van der Waals surface area contributed by atoms with Crippen LogP contribution in [0.2, 0.25) is 0 Å². The largest absolute Gasteiger partial charge is 0.378 e. The van der Waals surface area contributed by atoms with E-state index >= 15 is 0 Å². The van der Waals surface area contributed by atoms with Crippen molar-refractivity contribution in [3.05, 3.63) is 0 Å². The summed E-state index contributed by atoms with van der Waals surface area (Å²) < 4.78 is 5.31. The Hall–Kier alpha value is -1.18. The van der Waals surface area contributed by atoms with Crippen LogP contribution in [-0.2, 0) is 14.3 Å². The Kier molecular flexibility index (Phi) is 4.14. The molecule has 0 aromatic heterocycles. The van der Waals surface area contributed by atoms with Crippen molar-refractivity contribution in [1.82, 2.24) is 20.7 Å². The van der Waals surface area contributed by atoms with Gasteiger partial charge in [-0.3, -0.25) is 19.9 Å². The Labute approximate surface area is 124 Å². The molecule has 0 bridgehead atoms. The number of ether oxygens (including phenoxy) is 1. The summed E-state index contributed by atoms with van der Waals surface area (Å²) in [6.07, 6.45) is 0. The molecule has 0 radical (unpaired) electrons. The number of nitrogens with one attached hydrogen (secondary N) is 2. The van der Waals surface area contributed by atoms with Crippen LogP contribution >= 0.6 is 0 Å². The zero-order chi connectivity index (χ0) is 15.0. The molecule has 0 saturated carbocycles. The SMILES string of the molecule is CC(C)N1CC2C(=O)NNC2C(C(=O)N2CCOCC2)C1. The molecule has 3 aliphatic rings. The summed E-state index contributed by atoms with van der Waals surface area (Å²) in [6.45, 7) is 8.14. The molecule has 7 heteroatoms. The summed E-state index contributed by atoms with van der Waals surface area (Å²) in [6, 6.07) is 0.238. The summed E-state index contributed by atoms with van der Waals surface area (Å²) in [5, 5.41) is 0. The van der Waals surface area contributed by atoms with Gasteiger partial charge in [0.1, 0.15) is 0 Å². The molecular formula is C14H24N4O3. The number of nitrogens with zero attached hydrogens (tertiary/aromatic N) is 2. The van der Waals surface area contributed by atoms with Crippen molar-refractivity contribution in [2.75, 3.05) is 39.4 Å². The van der Waals surface area contributed by atoms with Crippen molar-refractivity contribution in [2.24, 2.45) is 11.8 Å². The van der Waals surface area contributed by atoms with Gasteiger partial charge in [0.25, 0.3) is 0 Å². The van der Waals surface area contributed by atoms with Crippen LogP contribution in [0.3, 0.4) is 0 Å². The van der Waals surface area contributed by atoms with Crippen molar-refractivity contribution in [3.8, 4) is 0 Å². The lowest BCUT2D eigenvalue weighted by molar-refractivity contribution is -0.144. The first-order valence-corrected chi connectivity index (χ1v) is 7.74. The molecule has 3 rings (SSSR count). The molecule has 0 aliphatic carbocycles. The number of carbonyl (C=O) groups excluding carboxylic acids is 2. The fourth-order valence-corrected chi connectivity index (χ4v) is 3.45. The predicted molar refractivity (Wildman–Crippen MR) is 76.2 cm³/mol. The maximum atomic E-state index is 12.8. The zero-order valence-electron chi connectivity index (χ0n) is 12.7. The maximum Gasteiger partial charge on any atom is 0.240 e. The molecule has 2 N–H and O–H groups in total. The van der Waals surface area contributed by atoms with E-state index in [1.807, 2.05) is 4.90 Å². The molecule has 0 aromatic rings. The van der Waals surface area contributed by atoms with Crippen molar-refractivity contribution >= 4 is 11.8 Å². The second kappa shape index (κ2) is 5.90. The minimum Gasteiger partial charge on any atom is -0.378 e. The molecule has 118 valence electrons. The second-order valence-corrected chi connectivity index (χ2v) is 6.36. The number of piperidine rings is 1. The Morgan fingerprint density at radius 1 is 1.29 bits per heavy atom. The van der Waals surface area contributed by atoms with Gasteiger partial charge in [-0.15, -0.1) is 0 Å². The smallest absolute Gasteiger partial charge is 0.240 e. The third-order valence-electron chi connectivity index (χ3n) is 4.80. The topological polar surface area (TPSA) is 73.9 Å². The number of amides is 2. The minimum absolute atomic E-state index is 0.00475. The van der Waals surface area contributed by atoms with Crippen LogP contribution < -0.4 is 10.9 Å². The molecule has 3 saturated heterocycles. The lowest BCUT2D eigenvalue weighted by Gasteiger charge is -2.42. The highest BCUT2D eigenvalue weighted by atomic mass is 16.5. The Morgan fingerprint density at radius 2 is 2.00 bits per heavy atom. The molecule has 3 heterocycles. The Balaban J connectivity index is 1.77. The number of rotatable bonds is 2. The maximum absolute atomic E-state index is 12.8. The van der Waals surface area contributed by atoms with Gasteiger partial charge in [0.2, 0.25) is 11.8 Å². The van der Waals surface area contributed by atoms with Crippen molar-refractivity contribution in [1.29, 1.82) is 0 Å². The highest BCUT2D eigenvalue weighted by Crippen LogP contribution is 2.28. The average molecular weight is 296 g/mol. The summed E-state index contributed by atoms with van der Waals surface area (Å²) in [7, 11) is 0. The van der Waals surface area contributed by atoms with E-state index in [9.17, 15) is 9.59 Å². The second-order valence-electron chi connectivity index (χ2n) is 6.36. The van der Waals surface area contributed by atoms with Gasteiger partial charge in [-0.1, -0.05) is 0 Å². The monoisotopic (exact) mass is 296 g/mol. The van der Waals surface area contributed by atoms with E-state index in [0.717, 1.165) is 0 Å². The first-order chi connectivity index (χ1) is 10.1. The number of fused-ring (bicyclic) bond motifs is 1. The van der Waals surface area contributed by atoms with Crippen molar-refractivity contribution < 1.29 is 14.3 Å². The molecule has 7 nitrogen and oxygen atoms in total. The number of likely N-dealkylation sites (tertiary alicyclic amines) is 1. The van der Waals surface area contributed by atoms with Gasteiger partial charge in [-0.05, 0) is 13.8 Å². The van der Waals surface area contributed by atoms with Gasteiger partial charge in [0.05, 0.1) is 31.1 Å². The van der Waals surface area contributed by atoms with Crippen molar-refractivity contribution in [2.45, 2.75) is 25.9 Å². The lowest BCUT2D eigenvalue weighted by atomic mass is 9.83. The highest BCUT2D eigenvalue weighted by Gasteiger charge is 2.48. The van der Waals surface area contributed by atoms with Gasteiger partial charge >= 0.3 is 0 Å². The molecule has 0 spiro atoms. The molecule has 0 aromatic carbocycles. The lowest BCUT2D eigenvalue weighted by Crippen LogP contribution is -2.59. The molecule has 3 aliphatic heterocycles. The van der Waals surface area contributed by atoms with Gasteiger partial charge in [0.15, 0.2) is 0 Å². The van der Waals surface area contributed by atoms with Crippen LogP contribution in [0.15, 0.2) is 0 Å². The molecule has 3 atom stereocenters. The number of hydrogen-bond acceptors (Lipinski definition) is 5.